The molecule has 0 radical (unpaired) electrons. The third kappa shape index (κ3) is 4.25. The third-order valence-corrected chi connectivity index (χ3v) is 6.80. The Hall–Kier alpha value is -0.760. The van der Waals surface area contributed by atoms with E-state index in [9.17, 15) is 4.39 Å². The molecule has 2 saturated carbocycles. The van der Waals surface area contributed by atoms with Gasteiger partial charge in [-0.3, -0.25) is 0 Å². The normalized spacial score (nSPS) is 31.0. The molecule has 3 rings (SSSR count). The standard InChI is InChI=1S/C21H30ClFO/c1-14-3-8-17(9-4-14)18-10-6-16(7-11-18)13-24-19-12-5-15(2)20(22)21(19)23/h5,12,14,16-18H,3-4,6-11,13H2,1-2H3. The molecule has 134 valence electrons. The Morgan fingerprint density at radius 2 is 1.58 bits per heavy atom. The van der Waals surface area contributed by atoms with Gasteiger partial charge in [0.25, 0.3) is 0 Å². The molecule has 0 heterocycles. The maximum atomic E-state index is 14.1. The molecule has 2 aliphatic rings. The van der Waals surface area contributed by atoms with Crippen LogP contribution in [0.4, 0.5) is 4.39 Å². The Bertz CT molecular complexity index is 543. The summed E-state index contributed by atoms with van der Waals surface area (Å²) < 4.78 is 19.8. The average molecular weight is 353 g/mol. The summed E-state index contributed by atoms with van der Waals surface area (Å²) in [4.78, 5) is 0. The molecule has 1 aromatic carbocycles. The molecule has 0 bridgehead atoms. The SMILES string of the molecule is Cc1ccc(OCC2CCC(C3CCC(C)CC3)CC2)c(F)c1Cl. The molecule has 0 unspecified atom stereocenters. The van der Waals surface area contributed by atoms with Gasteiger partial charge in [-0.25, -0.2) is 4.39 Å². The van der Waals surface area contributed by atoms with Gasteiger partial charge in [-0.1, -0.05) is 37.4 Å². The van der Waals surface area contributed by atoms with Crippen LogP contribution in [0.25, 0.3) is 0 Å². The summed E-state index contributed by atoms with van der Waals surface area (Å²) >= 11 is 5.96. The molecule has 2 aliphatic carbocycles. The van der Waals surface area contributed by atoms with Crippen molar-refractivity contribution in [3.63, 3.8) is 0 Å². The van der Waals surface area contributed by atoms with Gasteiger partial charge in [0.2, 0.25) is 0 Å². The van der Waals surface area contributed by atoms with E-state index in [-0.39, 0.29) is 5.02 Å². The lowest BCUT2D eigenvalue weighted by molar-refractivity contribution is 0.124. The predicted molar refractivity (Wildman–Crippen MR) is 98.2 cm³/mol. The smallest absolute Gasteiger partial charge is 0.183 e. The summed E-state index contributed by atoms with van der Waals surface area (Å²) in [6.45, 7) is 4.81. The summed E-state index contributed by atoms with van der Waals surface area (Å²) in [5.41, 5.74) is 0.754. The first-order valence-electron chi connectivity index (χ1n) is 9.62. The van der Waals surface area contributed by atoms with Crippen LogP contribution in [0.2, 0.25) is 5.02 Å². The van der Waals surface area contributed by atoms with Gasteiger partial charge in [0, 0.05) is 0 Å². The van der Waals surface area contributed by atoms with Gasteiger partial charge in [-0.2, -0.15) is 0 Å². The van der Waals surface area contributed by atoms with Crippen LogP contribution >= 0.6 is 11.6 Å². The number of ether oxygens (including phenoxy) is 1. The molecule has 3 heteroatoms. The fourth-order valence-electron chi connectivity index (χ4n) is 4.53. The van der Waals surface area contributed by atoms with E-state index in [4.69, 9.17) is 16.3 Å². The van der Waals surface area contributed by atoms with Crippen LogP contribution in [0, 0.1) is 36.4 Å². The summed E-state index contributed by atoms with van der Waals surface area (Å²) in [5, 5.41) is 0.183. The number of rotatable bonds is 4. The monoisotopic (exact) mass is 352 g/mol. The van der Waals surface area contributed by atoms with Crippen molar-refractivity contribution in [2.45, 2.75) is 65.2 Å². The second-order valence-electron chi connectivity index (χ2n) is 8.12. The zero-order valence-corrected chi connectivity index (χ0v) is 15.7. The van der Waals surface area contributed by atoms with Crippen molar-refractivity contribution < 1.29 is 9.13 Å². The van der Waals surface area contributed by atoms with Crippen LogP contribution in [0.3, 0.4) is 0 Å². The maximum absolute atomic E-state index is 14.1. The number of aryl methyl sites for hydroxylation is 1. The van der Waals surface area contributed by atoms with Gasteiger partial charge < -0.3 is 4.74 Å². The maximum Gasteiger partial charge on any atom is 0.183 e. The highest BCUT2D eigenvalue weighted by atomic mass is 35.5. The van der Waals surface area contributed by atoms with Crippen molar-refractivity contribution in [2.24, 2.45) is 23.7 Å². The van der Waals surface area contributed by atoms with Crippen molar-refractivity contribution in [3.05, 3.63) is 28.5 Å². The molecular weight excluding hydrogens is 323 g/mol. The van der Waals surface area contributed by atoms with Crippen LogP contribution in [-0.4, -0.2) is 6.61 Å². The molecule has 1 aromatic rings. The molecule has 1 nitrogen and oxygen atoms in total. The fourth-order valence-corrected chi connectivity index (χ4v) is 4.69. The molecule has 2 fully saturated rings. The molecule has 24 heavy (non-hydrogen) atoms. The van der Waals surface area contributed by atoms with E-state index < -0.39 is 5.82 Å². The largest absolute Gasteiger partial charge is 0.490 e. The first-order valence-corrected chi connectivity index (χ1v) is 9.99. The molecule has 0 aromatic heterocycles. The Labute approximate surface area is 150 Å². The zero-order valence-electron chi connectivity index (χ0n) is 15.0. The van der Waals surface area contributed by atoms with Crippen LogP contribution in [0.5, 0.6) is 5.75 Å². The quantitative estimate of drug-likeness (QED) is 0.579. The average Bonchev–Trinajstić information content (AvgIpc) is 2.60. The van der Waals surface area contributed by atoms with E-state index in [0.717, 1.165) is 23.3 Å². The molecule has 0 amide bonds. The summed E-state index contributed by atoms with van der Waals surface area (Å²) in [5.74, 6) is 3.25. The first kappa shape index (κ1) is 18.0. The molecule has 0 saturated heterocycles. The zero-order chi connectivity index (χ0) is 17.1. The van der Waals surface area contributed by atoms with E-state index in [1.807, 2.05) is 13.0 Å². The minimum atomic E-state index is -0.415. The van der Waals surface area contributed by atoms with Crippen LogP contribution < -0.4 is 4.74 Å². The van der Waals surface area contributed by atoms with Crippen molar-refractivity contribution in [3.8, 4) is 5.75 Å². The number of benzene rings is 1. The molecular formula is C21H30ClFO. The van der Waals surface area contributed by atoms with E-state index in [0.29, 0.717) is 18.3 Å². The van der Waals surface area contributed by atoms with Gasteiger partial charge in [0.15, 0.2) is 11.6 Å². The predicted octanol–water partition coefficient (Wildman–Crippen LogP) is 6.80. The van der Waals surface area contributed by atoms with Gasteiger partial charge >= 0.3 is 0 Å². The Balaban J connectivity index is 1.45. The van der Waals surface area contributed by atoms with E-state index >= 15 is 0 Å². The number of hydrogen-bond acceptors (Lipinski definition) is 1. The summed E-state index contributed by atoms with van der Waals surface area (Å²) in [6, 6.07) is 3.52. The van der Waals surface area contributed by atoms with Crippen molar-refractivity contribution in [1.82, 2.24) is 0 Å². The molecule has 0 N–H and O–H groups in total. The van der Waals surface area contributed by atoms with Crippen LogP contribution in [0.1, 0.15) is 63.9 Å². The first-order chi connectivity index (χ1) is 11.5. The second kappa shape index (κ2) is 8.08. The highest BCUT2D eigenvalue weighted by Crippen LogP contribution is 2.41. The van der Waals surface area contributed by atoms with Crippen LogP contribution in [-0.2, 0) is 0 Å². The van der Waals surface area contributed by atoms with Gasteiger partial charge in [0.1, 0.15) is 0 Å². The van der Waals surface area contributed by atoms with E-state index in [1.165, 1.54) is 51.4 Å². The van der Waals surface area contributed by atoms with Crippen molar-refractivity contribution in [1.29, 1.82) is 0 Å². The number of halogens is 2. The minimum absolute atomic E-state index is 0.183. The Kier molecular flexibility index (Phi) is 6.07. The minimum Gasteiger partial charge on any atom is -0.490 e. The topological polar surface area (TPSA) is 9.23 Å². The van der Waals surface area contributed by atoms with E-state index in [1.54, 1.807) is 6.07 Å². The second-order valence-corrected chi connectivity index (χ2v) is 8.50. The highest BCUT2D eigenvalue weighted by Gasteiger charge is 2.30. The van der Waals surface area contributed by atoms with Crippen molar-refractivity contribution in [2.75, 3.05) is 6.61 Å². The highest BCUT2D eigenvalue weighted by molar-refractivity contribution is 6.31. The van der Waals surface area contributed by atoms with Crippen LogP contribution in [0.15, 0.2) is 12.1 Å². The fraction of sp³-hybridized carbons (Fsp3) is 0.714. The van der Waals surface area contributed by atoms with Gasteiger partial charge in [0.05, 0.1) is 11.6 Å². The molecule has 0 spiro atoms. The molecule has 0 atom stereocenters. The number of hydrogen-bond donors (Lipinski definition) is 0. The Morgan fingerprint density at radius 1 is 1.00 bits per heavy atom. The molecule has 0 aliphatic heterocycles. The van der Waals surface area contributed by atoms with Gasteiger partial charge in [-0.05, 0) is 80.8 Å². The lowest BCUT2D eigenvalue weighted by Gasteiger charge is -2.37. The van der Waals surface area contributed by atoms with Gasteiger partial charge in [-0.15, -0.1) is 0 Å². The summed E-state index contributed by atoms with van der Waals surface area (Å²) in [7, 11) is 0. The lowest BCUT2D eigenvalue weighted by Crippen LogP contribution is -2.27. The summed E-state index contributed by atoms with van der Waals surface area (Å²) in [6.07, 6.45) is 10.8. The third-order valence-electron chi connectivity index (χ3n) is 6.33. The van der Waals surface area contributed by atoms with Crippen molar-refractivity contribution >= 4 is 11.6 Å². The van der Waals surface area contributed by atoms with E-state index in [2.05, 4.69) is 6.92 Å². The Morgan fingerprint density at radius 3 is 2.21 bits per heavy atom. The lowest BCUT2D eigenvalue weighted by atomic mass is 9.69.